The number of hydrogen-bond acceptors (Lipinski definition) is 2. The number of halogens is 1. The average molecular weight is 252 g/mol. The minimum atomic E-state index is -0.170. The molecule has 102 valence electrons. The van der Waals surface area contributed by atoms with Crippen LogP contribution < -0.4 is 5.32 Å². The van der Waals surface area contributed by atoms with Crippen LogP contribution in [0.25, 0.3) is 0 Å². The molecule has 0 amide bonds. The Hall–Kier alpha value is -0.930. The normalized spacial score (nSPS) is 11.4. The molecule has 0 bridgehead atoms. The van der Waals surface area contributed by atoms with Crippen molar-refractivity contribution in [3.8, 4) is 0 Å². The summed E-state index contributed by atoms with van der Waals surface area (Å²) in [5.41, 5.74) is 1.15. The predicted molar refractivity (Wildman–Crippen MR) is 75.1 cm³/mol. The van der Waals surface area contributed by atoms with Gasteiger partial charge in [-0.25, -0.2) is 4.39 Å². The summed E-state index contributed by atoms with van der Waals surface area (Å²) >= 11 is 0. The van der Waals surface area contributed by atoms with Crippen molar-refractivity contribution in [3.63, 3.8) is 0 Å². The second-order valence-electron chi connectivity index (χ2n) is 5.30. The summed E-state index contributed by atoms with van der Waals surface area (Å²) in [7, 11) is 2.09. The van der Waals surface area contributed by atoms with E-state index in [0.717, 1.165) is 37.7 Å². The van der Waals surface area contributed by atoms with Crippen molar-refractivity contribution >= 4 is 0 Å². The van der Waals surface area contributed by atoms with Crippen LogP contribution in [0.4, 0.5) is 4.39 Å². The largest absolute Gasteiger partial charge is 0.315 e. The van der Waals surface area contributed by atoms with Crippen LogP contribution in [-0.4, -0.2) is 31.6 Å². The van der Waals surface area contributed by atoms with Gasteiger partial charge in [0.2, 0.25) is 0 Å². The lowest BCUT2D eigenvalue weighted by molar-refractivity contribution is 0.323. The fraction of sp³-hybridized carbons (Fsp3) is 0.600. The summed E-state index contributed by atoms with van der Waals surface area (Å²) in [5, 5.41) is 3.44. The number of benzene rings is 1. The monoisotopic (exact) mass is 252 g/mol. The van der Waals surface area contributed by atoms with Crippen molar-refractivity contribution in [3.05, 3.63) is 35.6 Å². The van der Waals surface area contributed by atoms with E-state index in [0.29, 0.717) is 0 Å². The minimum Gasteiger partial charge on any atom is -0.315 e. The van der Waals surface area contributed by atoms with Gasteiger partial charge in [0, 0.05) is 19.6 Å². The van der Waals surface area contributed by atoms with Crippen LogP contribution in [0.5, 0.6) is 0 Å². The third-order valence-corrected chi connectivity index (χ3v) is 2.93. The topological polar surface area (TPSA) is 15.3 Å². The highest BCUT2D eigenvalue weighted by atomic mass is 19.1. The number of rotatable bonds is 8. The van der Waals surface area contributed by atoms with Crippen molar-refractivity contribution < 1.29 is 4.39 Å². The Balaban J connectivity index is 2.13. The van der Waals surface area contributed by atoms with Crippen molar-refractivity contribution in [1.82, 2.24) is 10.2 Å². The van der Waals surface area contributed by atoms with Gasteiger partial charge >= 0.3 is 0 Å². The van der Waals surface area contributed by atoms with E-state index in [2.05, 4.69) is 31.1 Å². The van der Waals surface area contributed by atoms with Gasteiger partial charge in [0.25, 0.3) is 0 Å². The molecule has 0 spiro atoms. The maximum absolute atomic E-state index is 12.8. The molecule has 0 radical (unpaired) electrons. The van der Waals surface area contributed by atoms with Crippen molar-refractivity contribution in [1.29, 1.82) is 0 Å². The molecule has 0 aliphatic carbocycles. The molecule has 2 nitrogen and oxygen atoms in total. The zero-order valence-corrected chi connectivity index (χ0v) is 11.7. The van der Waals surface area contributed by atoms with E-state index >= 15 is 0 Å². The first kappa shape index (κ1) is 15.1. The van der Waals surface area contributed by atoms with Crippen LogP contribution in [0.1, 0.15) is 25.8 Å². The van der Waals surface area contributed by atoms with Gasteiger partial charge in [-0.15, -0.1) is 0 Å². The maximum Gasteiger partial charge on any atom is 0.123 e. The van der Waals surface area contributed by atoms with E-state index in [-0.39, 0.29) is 5.82 Å². The lowest BCUT2D eigenvalue weighted by Crippen LogP contribution is -2.29. The molecule has 1 rings (SSSR count). The zero-order chi connectivity index (χ0) is 13.4. The first-order chi connectivity index (χ1) is 8.58. The van der Waals surface area contributed by atoms with E-state index in [1.165, 1.54) is 18.6 Å². The molecule has 0 atom stereocenters. The van der Waals surface area contributed by atoms with Gasteiger partial charge in [-0.2, -0.15) is 0 Å². The number of hydrogen-bond donors (Lipinski definition) is 1. The highest BCUT2D eigenvalue weighted by Gasteiger charge is 2.00. The lowest BCUT2D eigenvalue weighted by atomic mass is 10.1. The SMILES string of the molecule is CC(C)CCNCCN(C)Cc1ccc(F)cc1. The molecule has 0 unspecified atom stereocenters. The van der Waals surface area contributed by atoms with Gasteiger partial charge in [-0.05, 0) is 43.6 Å². The van der Waals surface area contributed by atoms with E-state index < -0.39 is 0 Å². The Kier molecular flexibility index (Phi) is 6.91. The van der Waals surface area contributed by atoms with Gasteiger partial charge in [0.15, 0.2) is 0 Å². The van der Waals surface area contributed by atoms with Crippen LogP contribution in [0, 0.1) is 11.7 Å². The first-order valence-corrected chi connectivity index (χ1v) is 6.71. The van der Waals surface area contributed by atoms with Gasteiger partial charge in [-0.3, -0.25) is 0 Å². The Morgan fingerprint density at radius 2 is 1.83 bits per heavy atom. The molecule has 0 aliphatic heterocycles. The van der Waals surface area contributed by atoms with Crippen LogP contribution in [0.2, 0.25) is 0 Å². The Morgan fingerprint density at radius 3 is 2.44 bits per heavy atom. The van der Waals surface area contributed by atoms with Crippen molar-refractivity contribution in [2.75, 3.05) is 26.7 Å². The number of nitrogens with zero attached hydrogens (tertiary/aromatic N) is 1. The van der Waals surface area contributed by atoms with Crippen molar-refractivity contribution in [2.45, 2.75) is 26.8 Å². The molecular formula is C15H25FN2. The third-order valence-electron chi connectivity index (χ3n) is 2.93. The van der Waals surface area contributed by atoms with Gasteiger partial charge in [0.05, 0.1) is 0 Å². The molecule has 0 aliphatic rings. The minimum absolute atomic E-state index is 0.170. The van der Waals surface area contributed by atoms with E-state index in [1.54, 1.807) is 0 Å². The highest BCUT2D eigenvalue weighted by Crippen LogP contribution is 2.05. The van der Waals surface area contributed by atoms with Crippen LogP contribution in [0.3, 0.4) is 0 Å². The summed E-state index contributed by atoms with van der Waals surface area (Å²) < 4.78 is 12.8. The molecular weight excluding hydrogens is 227 g/mol. The fourth-order valence-corrected chi connectivity index (χ4v) is 1.77. The maximum atomic E-state index is 12.8. The molecule has 0 aromatic heterocycles. The Bertz CT molecular complexity index is 322. The van der Waals surface area contributed by atoms with Gasteiger partial charge in [-0.1, -0.05) is 26.0 Å². The highest BCUT2D eigenvalue weighted by molar-refractivity contribution is 5.15. The van der Waals surface area contributed by atoms with E-state index in [9.17, 15) is 4.39 Å². The van der Waals surface area contributed by atoms with Gasteiger partial charge < -0.3 is 10.2 Å². The molecule has 0 heterocycles. The van der Waals surface area contributed by atoms with Crippen LogP contribution in [-0.2, 0) is 6.54 Å². The second kappa shape index (κ2) is 8.22. The molecule has 18 heavy (non-hydrogen) atoms. The lowest BCUT2D eigenvalue weighted by Gasteiger charge is -2.17. The molecule has 1 aromatic rings. The van der Waals surface area contributed by atoms with Crippen LogP contribution >= 0.6 is 0 Å². The third kappa shape index (κ3) is 6.72. The van der Waals surface area contributed by atoms with Crippen molar-refractivity contribution in [2.24, 2.45) is 5.92 Å². The van der Waals surface area contributed by atoms with Gasteiger partial charge in [0.1, 0.15) is 5.82 Å². The zero-order valence-electron chi connectivity index (χ0n) is 11.7. The molecule has 0 saturated heterocycles. The fourth-order valence-electron chi connectivity index (χ4n) is 1.77. The standard InChI is InChI=1S/C15H25FN2/c1-13(2)8-9-17-10-11-18(3)12-14-4-6-15(16)7-5-14/h4-7,13,17H,8-12H2,1-3H3. The molecule has 0 saturated carbocycles. The summed E-state index contributed by atoms with van der Waals surface area (Å²) in [6, 6.07) is 6.73. The molecule has 3 heteroatoms. The first-order valence-electron chi connectivity index (χ1n) is 6.71. The van der Waals surface area contributed by atoms with Crippen LogP contribution in [0.15, 0.2) is 24.3 Å². The van der Waals surface area contributed by atoms with E-state index in [4.69, 9.17) is 0 Å². The van der Waals surface area contributed by atoms with E-state index in [1.807, 2.05) is 12.1 Å². The summed E-state index contributed by atoms with van der Waals surface area (Å²) in [6.07, 6.45) is 1.22. The summed E-state index contributed by atoms with van der Waals surface area (Å²) in [5.74, 6) is 0.589. The molecule has 1 aromatic carbocycles. The number of nitrogens with one attached hydrogen (secondary N) is 1. The quantitative estimate of drug-likeness (QED) is 0.716. The Morgan fingerprint density at radius 1 is 1.17 bits per heavy atom. The number of likely N-dealkylation sites (N-methyl/N-ethyl adjacent to an activating group) is 1. The smallest absolute Gasteiger partial charge is 0.123 e. The molecule has 0 fully saturated rings. The predicted octanol–water partition coefficient (Wildman–Crippen LogP) is 2.89. The summed E-state index contributed by atoms with van der Waals surface area (Å²) in [6.45, 7) is 8.44. The molecule has 1 N–H and O–H groups in total. The Labute approximate surface area is 110 Å². The summed E-state index contributed by atoms with van der Waals surface area (Å²) in [4.78, 5) is 2.25. The average Bonchev–Trinajstić information content (AvgIpc) is 2.31. The second-order valence-corrected chi connectivity index (χ2v) is 5.30.